The zero-order valence-electron chi connectivity index (χ0n) is 32.6. The molecule has 0 bridgehead atoms. The van der Waals surface area contributed by atoms with Crippen LogP contribution >= 0.6 is 11.6 Å². The SMILES string of the molecule is CCCC(NC(=O)[C@@H]1C[C@@H](OC(C)(C)C)CN1C(=O)[C@@H](NC(=O)Cc1ccccc1)C1CCCCC1)C(=O)C(=O)NCC(=O)NC(C(N)=O)c1cccc(Cl)c1. The van der Waals surface area contributed by atoms with Crippen molar-refractivity contribution in [1.29, 1.82) is 0 Å². The van der Waals surface area contributed by atoms with Crippen LogP contribution in [-0.4, -0.2) is 89.0 Å². The molecule has 304 valence electrons. The molecule has 0 spiro atoms. The van der Waals surface area contributed by atoms with Gasteiger partial charge in [0.05, 0.1) is 30.7 Å². The van der Waals surface area contributed by atoms with Gasteiger partial charge in [-0.1, -0.05) is 86.7 Å². The molecule has 1 saturated carbocycles. The van der Waals surface area contributed by atoms with Gasteiger partial charge < -0.3 is 36.6 Å². The van der Waals surface area contributed by atoms with Gasteiger partial charge in [0, 0.05) is 18.0 Å². The Morgan fingerprint density at radius 2 is 1.61 bits per heavy atom. The molecule has 2 aromatic rings. The number of Topliss-reactive ketones (excluding diaryl/α,β-unsaturated/α-hetero) is 1. The Morgan fingerprint density at radius 1 is 0.911 bits per heavy atom. The van der Waals surface area contributed by atoms with Crippen molar-refractivity contribution in [3.8, 4) is 0 Å². The van der Waals surface area contributed by atoms with Crippen LogP contribution in [0, 0.1) is 5.92 Å². The normalized spacial score (nSPS) is 18.9. The van der Waals surface area contributed by atoms with E-state index in [0.29, 0.717) is 17.0 Å². The minimum Gasteiger partial charge on any atom is -0.371 e. The molecule has 1 heterocycles. The minimum absolute atomic E-state index is 0.0924. The fraction of sp³-hybridized carbons (Fsp3) is 0.537. The number of nitrogens with zero attached hydrogens (tertiary/aromatic N) is 1. The number of nitrogens with one attached hydrogen (secondary N) is 4. The van der Waals surface area contributed by atoms with Crippen molar-refractivity contribution in [3.63, 3.8) is 0 Å². The summed E-state index contributed by atoms with van der Waals surface area (Å²) >= 11 is 6.02. The van der Waals surface area contributed by atoms with Gasteiger partial charge in [0.25, 0.3) is 5.91 Å². The molecular weight excluding hydrogens is 740 g/mol. The molecule has 2 aliphatic rings. The van der Waals surface area contributed by atoms with E-state index in [1.807, 2.05) is 51.1 Å². The van der Waals surface area contributed by atoms with Crippen LogP contribution in [0.15, 0.2) is 54.6 Å². The highest BCUT2D eigenvalue weighted by atomic mass is 35.5. The molecule has 14 nitrogen and oxygen atoms in total. The van der Waals surface area contributed by atoms with E-state index in [2.05, 4.69) is 21.3 Å². The summed E-state index contributed by atoms with van der Waals surface area (Å²) in [4.78, 5) is 94.8. The molecule has 1 aliphatic heterocycles. The second kappa shape index (κ2) is 20.4. The van der Waals surface area contributed by atoms with Gasteiger partial charge in [0.1, 0.15) is 18.1 Å². The predicted molar refractivity (Wildman–Crippen MR) is 210 cm³/mol. The molecule has 0 radical (unpaired) electrons. The van der Waals surface area contributed by atoms with Crippen LogP contribution < -0.4 is 27.0 Å². The Labute approximate surface area is 333 Å². The number of nitrogens with two attached hydrogens (primary N) is 1. The summed E-state index contributed by atoms with van der Waals surface area (Å²) in [5, 5.41) is 10.7. The molecule has 1 saturated heterocycles. The first kappa shape index (κ1) is 43.9. The second-order valence-corrected chi connectivity index (χ2v) is 16.0. The molecule has 2 fully saturated rings. The Bertz CT molecular complexity index is 1730. The third kappa shape index (κ3) is 12.9. The number of benzene rings is 2. The zero-order valence-corrected chi connectivity index (χ0v) is 33.4. The van der Waals surface area contributed by atoms with E-state index in [9.17, 15) is 33.6 Å². The number of carbonyl (C=O) groups is 7. The molecule has 2 aromatic carbocycles. The first-order valence-electron chi connectivity index (χ1n) is 19.3. The van der Waals surface area contributed by atoms with Crippen molar-refractivity contribution < 1.29 is 38.3 Å². The van der Waals surface area contributed by atoms with E-state index in [0.717, 1.165) is 37.7 Å². The Kier molecular flexibility index (Phi) is 16.0. The maximum Gasteiger partial charge on any atom is 0.290 e. The van der Waals surface area contributed by atoms with Gasteiger partial charge in [-0.25, -0.2) is 0 Å². The number of hydrogen-bond donors (Lipinski definition) is 5. The molecule has 1 aliphatic carbocycles. The minimum atomic E-state index is -1.26. The number of likely N-dealkylation sites (tertiary alicyclic amines) is 1. The topological polar surface area (TPSA) is 206 Å². The summed E-state index contributed by atoms with van der Waals surface area (Å²) in [6.07, 6.45) is 4.61. The standard InChI is InChI=1S/C41H55ClN6O8/c1-5-13-30(36(51)39(54)44-23-33(50)47-34(37(43)52)27-18-12-19-28(42)21-27)45-38(53)31-22-29(56-41(2,3)4)24-48(31)40(55)35(26-16-10-7-11-17-26)46-32(49)20-25-14-8-6-9-15-25/h6,8-9,12,14-15,18-19,21,26,29-31,34-35H,5,7,10-11,13,16-17,20,22-24H2,1-4H3,(H2,43,52)(H,44,54)(H,45,53)(H,46,49)(H,47,50)/t29-,30?,31+,34?,35+/m1/s1. The zero-order chi connectivity index (χ0) is 41.0. The summed E-state index contributed by atoms with van der Waals surface area (Å²) in [5.74, 6) is -5.22. The number of hydrogen-bond acceptors (Lipinski definition) is 8. The average molecular weight is 795 g/mol. The fourth-order valence-corrected chi connectivity index (χ4v) is 7.55. The first-order chi connectivity index (χ1) is 26.6. The van der Waals surface area contributed by atoms with Gasteiger partial charge in [-0.2, -0.15) is 0 Å². The van der Waals surface area contributed by atoms with Crippen molar-refractivity contribution in [2.75, 3.05) is 13.1 Å². The van der Waals surface area contributed by atoms with E-state index < -0.39 is 77.7 Å². The molecule has 6 amide bonds. The van der Waals surface area contributed by atoms with Gasteiger partial charge in [-0.05, 0) is 69.2 Å². The Morgan fingerprint density at radius 3 is 2.23 bits per heavy atom. The van der Waals surface area contributed by atoms with Crippen molar-refractivity contribution in [1.82, 2.24) is 26.2 Å². The summed E-state index contributed by atoms with van der Waals surface area (Å²) in [6.45, 7) is 6.85. The summed E-state index contributed by atoms with van der Waals surface area (Å²) in [6, 6.07) is 11.0. The monoisotopic (exact) mass is 794 g/mol. The number of ketones is 1. The van der Waals surface area contributed by atoms with E-state index >= 15 is 0 Å². The van der Waals surface area contributed by atoms with Crippen LogP contribution in [0.1, 0.15) is 96.2 Å². The Hall–Kier alpha value is -4.82. The molecule has 2 unspecified atom stereocenters. The van der Waals surface area contributed by atoms with Crippen LogP contribution in [0.5, 0.6) is 0 Å². The summed E-state index contributed by atoms with van der Waals surface area (Å²) in [7, 11) is 0. The number of primary amides is 1. The molecule has 56 heavy (non-hydrogen) atoms. The second-order valence-electron chi connectivity index (χ2n) is 15.6. The highest BCUT2D eigenvalue weighted by Gasteiger charge is 2.46. The lowest BCUT2D eigenvalue weighted by Gasteiger charge is -2.35. The van der Waals surface area contributed by atoms with Crippen LogP contribution in [0.2, 0.25) is 5.02 Å². The lowest BCUT2D eigenvalue weighted by atomic mass is 9.83. The van der Waals surface area contributed by atoms with E-state index in [4.69, 9.17) is 22.1 Å². The molecule has 6 N–H and O–H groups in total. The lowest BCUT2D eigenvalue weighted by molar-refractivity contribution is -0.144. The molecule has 5 atom stereocenters. The smallest absolute Gasteiger partial charge is 0.290 e. The Balaban J connectivity index is 1.48. The third-order valence-electron chi connectivity index (χ3n) is 9.90. The number of rotatable bonds is 17. The van der Waals surface area contributed by atoms with Gasteiger partial charge >= 0.3 is 0 Å². The van der Waals surface area contributed by atoms with Crippen molar-refractivity contribution >= 4 is 52.8 Å². The largest absolute Gasteiger partial charge is 0.371 e. The predicted octanol–water partition coefficient (Wildman–Crippen LogP) is 3.05. The summed E-state index contributed by atoms with van der Waals surface area (Å²) < 4.78 is 6.25. The van der Waals surface area contributed by atoms with Crippen molar-refractivity contribution in [3.05, 3.63) is 70.7 Å². The van der Waals surface area contributed by atoms with Crippen LogP contribution in [-0.2, 0) is 44.7 Å². The number of halogens is 1. The van der Waals surface area contributed by atoms with Crippen molar-refractivity contribution in [2.45, 2.75) is 121 Å². The highest BCUT2D eigenvalue weighted by Crippen LogP contribution is 2.31. The van der Waals surface area contributed by atoms with Crippen LogP contribution in [0.25, 0.3) is 0 Å². The maximum absolute atomic E-state index is 14.6. The van der Waals surface area contributed by atoms with Gasteiger partial charge in [-0.3, -0.25) is 33.6 Å². The average Bonchev–Trinajstić information content (AvgIpc) is 3.57. The van der Waals surface area contributed by atoms with E-state index in [1.54, 1.807) is 25.1 Å². The van der Waals surface area contributed by atoms with E-state index in [-0.39, 0.29) is 37.6 Å². The fourth-order valence-electron chi connectivity index (χ4n) is 7.36. The quantitative estimate of drug-likeness (QED) is 0.150. The maximum atomic E-state index is 14.6. The van der Waals surface area contributed by atoms with Crippen LogP contribution in [0.4, 0.5) is 0 Å². The lowest BCUT2D eigenvalue weighted by Crippen LogP contribution is -2.58. The van der Waals surface area contributed by atoms with Crippen molar-refractivity contribution in [2.24, 2.45) is 11.7 Å². The molecule has 4 rings (SSSR count). The van der Waals surface area contributed by atoms with Crippen LogP contribution in [0.3, 0.4) is 0 Å². The number of carbonyl (C=O) groups excluding carboxylic acids is 7. The first-order valence-corrected chi connectivity index (χ1v) is 19.7. The summed E-state index contributed by atoms with van der Waals surface area (Å²) in [5.41, 5.74) is 6.03. The number of amides is 6. The van der Waals surface area contributed by atoms with E-state index in [1.165, 1.54) is 11.0 Å². The number of ether oxygens (including phenoxy) is 1. The van der Waals surface area contributed by atoms with Gasteiger partial charge in [0.15, 0.2) is 0 Å². The molecule has 0 aromatic heterocycles. The molecule has 15 heteroatoms. The van der Waals surface area contributed by atoms with Gasteiger partial charge in [0.2, 0.25) is 35.3 Å². The highest BCUT2D eigenvalue weighted by molar-refractivity contribution is 6.38. The molecular formula is C41H55ClN6O8. The van der Waals surface area contributed by atoms with Gasteiger partial charge in [-0.15, -0.1) is 0 Å². The third-order valence-corrected chi connectivity index (χ3v) is 10.1.